The van der Waals surface area contributed by atoms with Crippen molar-refractivity contribution >= 4 is 5.97 Å². The summed E-state index contributed by atoms with van der Waals surface area (Å²) in [6, 6.07) is 0. The fourth-order valence-corrected chi connectivity index (χ4v) is 2.22. The Morgan fingerprint density at radius 3 is 2.00 bits per heavy atom. The lowest BCUT2D eigenvalue weighted by Crippen LogP contribution is -2.04. The van der Waals surface area contributed by atoms with Gasteiger partial charge in [0.2, 0.25) is 0 Å². The molecule has 0 aliphatic rings. The smallest absolute Gasteiger partial charge is 0.305 e. The highest BCUT2D eigenvalue weighted by Gasteiger charge is 2.00. The predicted octanol–water partition coefficient (Wildman–Crippen LogP) is 6.20. The minimum atomic E-state index is -0.0380. The molecule has 0 aliphatic carbocycles. The zero-order chi connectivity index (χ0) is 15.6. The van der Waals surface area contributed by atoms with Crippen LogP contribution in [0.1, 0.15) is 97.3 Å². The molecule has 0 N–H and O–H groups in total. The molecule has 0 heterocycles. The molecule has 0 aromatic carbocycles. The predicted molar refractivity (Wildman–Crippen MR) is 91.5 cm³/mol. The van der Waals surface area contributed by atoms with Gasteiger partial charge in [0.05, 0.1) is 6.61 Å². The maximum absolute atomic E-state index is 11.4. The molecule has 0 spiro atoms. The molecule has 0 unspecified atom stereocenters. The van der Waals surface area contributed by atoms with E-state index in [9.17, 15) is 4.79 Å². The Labute approximate surface area is 132 Å². The average molecular weight is 296 g/mol. The Morgan fingerprint density at radius 1 is 0.762 bits per heavy atom. The van der Waals surface area contributed by atoms with Crippen molar-refractivity contribution in [1.29, 1.82) is 0 Å². The topological polar surface area (TPSA) is 26.3 Å². The summed E-state index contributed by atoms with van der Waals surface area (Å²) in [6.45, 7) is 4.95. The number of rotatable bonds is 15. The number of carbonyl (C=O) groups excluding carboxylic acids is 1. The number of carbonyl (C=O) groups is 1. The molecule has 0 radical (unpaired) electrons. The van der Waals surface area contributed by atoms with Crippen LogP contribution in [0.5, 0.6) is 0 Å². The standard InChI is InChI=1S/C19H36O2/c1-3-5-7-8-9-10-11-12-13-14-15-16-17-19(20)21-18-6-4-2/h13-14H,3-12,15-18H2,1-2H3. The molecule has 0 aliphatic heterocycles. The SMILES string of the molecule is CCCCCCCCCC=CCCCC(=O)OCCCC. The first-order valence-electron chi connectivity index (χ1n) is 9.11. The van der Waals surface area contributed by atoms with E-state index >= 15 is 0 Å². The second kappa shape index (κ2) is 17.3. The monoisotopic (exact) mass is 296 g/mol. The van der Waals surface area contributed by atoms with Gasteiger partial charge in [-0.25, -0.2) is 0 Å². The third-order valence-electron chi connectivity index (χ3n) is 3.65. The lowest BCUT2D eigenvalue weighted by atomic mass is 10.1. The van der Waals surface area contributed by atoms with Crippen LogP contribution in [0.4, 0.5) is 0 Å². The van der Waals surface area contributed by atoms with E-state index in [-0.39, 0.29) is 5.97 Å². The van der Waals surface area contributed by atoms with Crippen molar-refractivity contribution in [2.45, 2.75) is 97.3 Å². The van der Waals surface area contributed by atoms with Gasteiger partial charge in [-0.05, 0) is 32.1 Å². The second-order valence-electron chi connectivity index (χ2n) is 5.85. The summed E-state index contributed by atoms with van der Waals surface area (Å²) in [5, 5.41) is 0. The first kappa shape index (κ1) is 20.2. The number of esters is 1. The van der Waals surface area contributed by atoms with Gasteiger partial charge in [-0.3, -0.25) is 4.79 Å². The molecule has 0 bridgehead atoms. The molecule has 21 heavy (non-hydrogen) atoms. The van der Waals surface area contributed by atoms with E-state index < -0.39 is 0 Å². The first-order valence-corrected chi connectivity index (χ1v) is 9.11. The molecule has 2 heteroatoms. The maximum atomic E-state index is 11.4. The number of unbranched alkanes of at least 4 members (excludes halogenated alkanes) is 9. The minimum Gasteiger partial charge on any atom is -0.466 e. The van der Waals surface area contributed by atoms with Crippen LogP contribution in [0.15, 0.2) is 12.2 Å². The van der Waals surface area contributed by atoms with E-state index in [2.05, 4.69) is 26.0 Å². The van der Waals surface area contributed by atoms with Gasteiger partial charge in [0.1, 0.15) is 0 Å². The van der Waals surface area contributed by atoms with Crippen LogP contribution in [0.2, 0.25) is 0 Å². The van der Waals surface area contributed by atoms with Gasteiger partial charge >= 0.3 is 5.97 Å². The normalized spacial score (nSPS) is 11.1. The quantitative estimate of drug-likeness (QED) is 0.204. The summed E-state index contributed by atoms with van der Waals surface area (Å²) >= 11 is 0. The van der Waals surface area contributed by atoms with E-state index in [0.717, 1.165) is 25.7 Å². The Bertz CT molecular complexity index is 246. The van der Waals surface area contributed by atoms with Crippen LogP contribution in [0, 0.1) is 0 Å². The lowest BCUT2D eigenvalue weighted by molar-refractivity contribution is -0.143. The molecule has 0 rings (SSSR count). The summed E-state index contributed by atoms with van der Waals surface area (Å²) in [5.74, 6) is -0.0380. The Morgan fingerprint density at radius 2 is 1.33 bits per heavy atom. The summed E-state index contributed by atoms with van der Waals surface area (Å²) in [7, 11) is 0. The highest BCUT2D eigenvalue weighted by molar-refractivity contribution is 5.69. The minimum absolute atomic E-state index is 0.0380. The molecule has 124 valence electrons. The molecule has 0 aromatic rings. The van der Waals surface area contributed by atoms with Gasteiger partial charge in [-0.15, -0.1) is 0 Å². The third kappa shape index (κ3) is 17.2. The molecule has 0 amide bonds. The molecule has 0 atom stereocenters. The van der Waals surface area contributed by atoms with Crippen molar-refractivity contribution in [2.75, 3.05) is 6.61 Å². The highest BCUT2D eigenvalue weighted by Crippen LogP contribution is 2.09. The van der Waals surface area contributed by atoms with Crippen LogP contribution in [0.3, 0.4) is 0 Å². The number of hydrogen-bond acceptors (Lipinski definition) is 2. The van der Waals surface area contributed by atoms with Crippen molar-refractivity contribution in [3.63, 3.8) is 0 Å². The van der Waals surface area contributed by atoms with E-state index in [1.807, 2.05) is 0 Å². The van der Waals surface area contributed by atoms with E-state index in [0.29, 0.717) is 13.0 Å². The summed E-state index contributed by atoms with van der Waals surface area (Å²) < 4.78 is 5.12. The van der Waals surface area contributed by atoms with Crippen LogP contribution < -0.4 is 0 Å². The van der Waals surface area contributed by atoms with Gasteiger partial charge in [0, 0.05) is 6.42 Å². The van der Waals surface area contributed by atoms with Crippen molar-refractivity contribution in [3.05, 3.63) is 12.2 Å². The van der Waals surface area contributed by atoms with E-state index in [4.69, 9.17) is 4.74 Å². The van der Waals surface area contributed by atoms with Gasteiger partial charge < -0.3 is 4.74 Å². The molecule has 2 nitrogen and oxygen atoms in total. The highest BCUT2D eigenvalue weighted by atomic mass is 16.5. The van der Waals surface area contributed by atoms with Gasteiger partial charge in [0.15, 0.2) is 0 Å². The van der Waals surface area contributed by atoms with Crippen molar-refractivity contribution in [3.8, 4) is 0 Å². The second-order valence-corrected chi connectivity index (χ2v) is 5.85. The zero-order valence-corrected chi connectivity index (χ0v) is 14.4. The summed E-state index contributed by atoms with van der Waals surface area (Å²) in [4.78, 5) is 11.4. The molecule has 0 aromatic heterocycles. The number of hydrogen-bond donors (Lipinski definition) is 0. The van der Waals surface area contributed by atoms with Crippen molar-refractivity contribution in [1.82, 2.24) is 0 Å². The third-order valence-corrected chi connectivity index (χ3v) is 3.65. The van der Waals surface area contributed by atoms with E-state index in [1.165, 1.54) is 51.4 Å². The lowest BCUT2D eigenvalue weighted by Gasteiger charge is -2.02. The largest absolute Gasteiger partial charge is 0.466 e. The number of allylic oxidation sites excluding steroid dienone is 2. The van der Waals surface area contributed by atoms with Gasteiger partial charge in [0.25, 0.3) is 0 Å². The van der Waals surface area contributed by atoms with E-state index in [1.54, 1.807) is 0 Å². The summed E-state index contributed by atoms with van der Waals surface area (Å²) in [5.41, 5.74) is 0. The average Bonchev–Trinajstić information content (AvgIpc) is 2.48. The van der Waals surface area contributed by atoms with Crippen LogP contribution in [0.25, 0.3) is 0 Å². The summed E-state index contributed by atoms with van der Waals surface area (Å²) in [6.07, 6.45) is 19.8. The van der Waals surface area contributed by atoms with Gasteiger partial charge in [-0.1, -0.05) is 70.9 Å². The van der Waals surface area contributed by atoms with Crippen LogP contribution in [-0.2, 0) is 9.53 Å². The Hall–Kier alpha value is -0.790. The Balaban J connectivity index is 3.20. The fraction of sp³-hybridized carbons (Fsp3) is 0.842. The zero-order valence-electron chi connectivity index (χ0n) is 14.4. The Kier molecular flexibility index (Phi) is 16.6. The number of ether oxygens (including phenoxy) is 1. The van der Waals surface area contributed by atoms with Crippen molar-refractivity contribution in [2.24, 2.45) is 0 Å². The first-order chi connectivity index (χ1) is 10.3. The van der Waals surface area contributed by atoms with Crippen LogP contribution in [-0.4, -0.2) is 12.6 Å². The molecule has 0 saturated heterocycles. The van der Waals surface area contributed by atoms with Gasteiger partial charge in [-0.2, -0.15) is 0 Å². The van der Waals surface area contributed by atoms with Crippen molar-refractivity contribution < 1.29 is 9.53 Å². The molecule has 0 saturated carbocycles. The maximum Gasteiger partial charge on any atom is 0.305 e. The molecular formula is C19H36O2. The van der Waals surface area contributed by atoms with Crippen LogP contribution >= 0.6 is 0 Å². The molecular weight excluding hydrogens is 260 g/mol. The molecule has 0 fully saturated rings. The fourth-order valence-electron chi connectivity index (χ4n) is 2.22.